The first-order valence-electron chi connectivity index (χ1n) is 3.21. The van der Waals surface area contributed by atoms with E-state index in [0.29, 0.717) is 13.2 Å². The highest BCUT2D eigenvalue weighted by Crippen LogP contribution is 2.21. The third kappa shape index (κ3) is 2.01. The fourth-order valence-electron chi connectivity index (χ4n) is 0.640. The lowest BCUT2D eigenvalue weighted by atomic mass is 10.4. The van der Waals surface area contributed by atoms with Crippen molar-refractivity contribution in [1.29, 1.82) is 0 Å². The van der Waals surface area contributed by atoms with E-state index in [2.05, 4.69) is 5.38 Å². The highest BCUT2D eigenvalue weighted by molar-refractivity contribution is 7.11. The van der Waals surface area contributed by atoms with Gasteiger partial charge >= 0.3 is 0 Å². The second kappa shape index (κ2) is 3.58. The number of aryl methyl sites for hydroxylation is 1. The molecule has 0 unspecified atom stereocenters. The zero-order valence-electron chi connectivity index (χ0n) is 5.96. The van der Waals surface area contributed by atoms with Crippen LogP contribution in [0.3, 0.4) is 0 Å². The van der Waals surface area contributed by atoms with Gasteiger partial charge < -0.3 is 10.5 Å². The van der Waals surface area contributed by atoms with Crippen molar-refractivity contribution in [3.63, 3.8) is 0 Å². The number of nitrogens with two attached hydrogens (primary N) is 1. The van der Waals surface area contributed by atoms with Gasteiger partial charge in [0.25, 0.3) is 0 Å². The first-order chi connectivity index (χ1) is 4.83. The molecule has 0 amide bonds. The van der Waals surface area contributed by atoms with Gasteiger partial charge in [-0.15, -0.1) is 11.3 Å². The smallest absolute Gasteiger partial charge is 0.174 e. The zero-order valence-corrected chi connectivity index (χ0v) is 6.78. The Balaban J connectivity index is 2.42. The zero-order chi connectivity index (χ0) is 7.40. The highest BCUT2D eigenvalue weighted by Gasteiger charge is 1.94. The number of rotatable bonds is 3. The molecule has 1 aromatic rings. The quantitative estimate of drug-likeness (QED) is 0.719. The van der Waals surface area contributed by atoms with Crippen molar-refractivity contribution >= 4 is 11.3 Å². The first-order valence-corrected chi connectivity index (χ1v) is 4.09. The van der Waals surface area contributed by atoms with Crippen molar-refractivity contribution < 1.29 is 4.74 Å². The normalized spacial score (nSPS) is 9.80. The molecule has 0 fully saturated rings. The van der Waals surface area contributed by atoms with Gasteiger partial charge in [-0.3, -0.25) is 0 Å². The number of thiophene rings is 1. The van der Waals surface area contributed by atoms with Crippen LogP contribution >= 0.6 is 11.3 Å². The topological polar surface area (TPSA) is 35.2 Å². The van der Waals surface area contributed by atoms with Crippen molar-refractivity contribution in [2.24, 2.45) is 5.73 Å². The molecule has 1 rings (SSSR count). The molecular weight excluding hydrogens is 146 g/mol. The predicted octanol–water partition coefficient (Wildman–Crippen LogP) is 1.39. The van der Waals surface area contributed by atoms with Crippen molar-refractivity contribution in [2.45, 2.75) is 6.92 Å². The van der Waals surface area contributed by atoms with E-state index >= 15 is 0 Å². The highest BCUT2D eigenvalue weighted by atomic mass is 32.1. The van der Waals surface area contributed by atoms with E-state index in [1.54, 1.807) is 11.3 Å². The van der Waals surface area contributed by atoms with Crippen molar-refractivity contribution in [3.8, 4) is 5.06 Å². The molecular formula is C7H11NOS. The van der Waals surface area contributed by atoms with Gasteiger partial charge in [0.05, 0.1) is 0 Å². The Kier molecular flexibility index (Phi) is 2.71. The van der Waals surface area contributed by atoms with Crippen LogP contribution in [0.5, 0.6) is 5.06 Å². The van der Waals surface area contributed by atoms with Gasteiger partial charge in [0.1, 0.15) is 6.61 Å². The van der Waals surface area contributed by atoms with Crippen molar-refractivity contribution in [1.82, 2.24) is 0 Å². The minimum absolute atomic E-state index is 0.580. The standard InChI is InChI=1S/C7H11NOS/c1-6-4-7(10-5-6)9-3-2-8/h4-5H,2-3,8H2,1H3. The molecule has 0 radical (unpaired) electrons. The summed E-state index contributed by atoms with van der Waals surface area (Å²) in [5.74, 6) is 0. The predicted molar refractivity (Wildman–Crippen MR) is 43.6 cm³/mol. The molecule has 10 heavy (non-hydrogen) atoms. The molecule has 1 aromatic heterocycles. The van der Waals surface area contributed by atoms with Crippen molar-refractivity contribution in [2.75, 3.05) is 13.2 Å². The minimum atomic E-state index is 0.580. The van der Waals surface area contributed by atoms with Gasteiger partial charge in [-0.1, -0.05) is 0 Å². The van der Waals surface area contributed by atoms with E-state index in [1.165, 1.54) is 5.56 Å². The van der Waals surface area contributed by atoms with Crippen LogP contribution in [0.2, 0.25) is 0 Å². The second-order valence-electron chi connectivity index (χ2n) is 2.08. The van der Waals surface area contributed by atoms with E-state index in [9.17, 15) is 0 Å². The lowest BCUT2D eigenvalue weighted by molar-refractivity contribution is 0.338. The summed E-state index contributed by atoms with van der Waals surface area (Å²) in [5.41, 5.74) is 6.51. The van der Waals surface area contributed by atoms with Crippen LogP contribution in [0.25, 0.3) is 0 Å². The summed E-state index contributed by atoms with van der Waals surface area (Å²) in [5, 5.41) is 3.02. The molecule has 2 N–H and O–H groups in total. The average molecular weight is 157 g/mol. The number of ether oxygens (including phenoxy) is 1. The third-order valence-corrected chi connectivity index (χ3v) is 2.03. The number of hydrogen-bond donors (Lipinski definition) is 1. The minimum Gasteiger partial charge on any atom is -0.483 e. The summed E-state index contributed by atoms with van der Waals surface area (Å²) in [7, 11) is 0. The van der Waals surface area contributed by atoms with Gasteiger partial charge in [0.2, 0.25) is 0 Å². The molecule has 0 atom stereocenters. The molecule has 0 aliphatic rings. The largest absolute Gasteiger partial charge is 0.483 e. The molecule has 1 heterocycles. The summed E-state index contributed by atoms with van der Waals surface area (Å²) in [6.07, 6.45) is 0. The fraction of sp³-hybridized carbons (Fsp3) is 0.429. The van der Waals surface area contributed by atoms with E-state index in [-0.39, 0.29) is 0 Å². The number of hydrogen-bond acceptors (Lipinski definition) is 3. The summed E-state index contributed by atoms with van der Waals surface area (Å²) in [6, 6.07) is 2.01. The lowest BCUT2D eigenvalue weighted by Gasteiger charge is -1.97. The fourth-order valence-corrected chi connectivity index (χ4v) is 1.42. The molecule has 3 heteroatoms. The van der Waals surface area contributed by atoms with Crippen LogP contribution < -0.4 is 10.5 Å². The Morgan fingerprint density at radius 1 is 1.70 bits per heavy atom. The molecule has 56 valence electrons. The molecule has 0 saturated heterocycles. The van der Waals surface area contributed by atoms with E-state index in [1.807, 2.05) is 13.0 Å². The second-order valence-corrected chi connectivity index (χ2v) is 2.95. The lowest BCUT2D eigenvalue weighted by Crippen LogP contribution is -2.09. The Labute approximate surface area is 64.6 Å². The maximum atomic E-state index is 5.27. The van der Waals surface area contributed by atoms with E-state index < -0.39 is 0 Å². The Bertz CT molecular complexity index is 197. The van der Waals surface area contributed by atoms with Gasteiger partial charge in [-0.05, 0) is 23.9 Å². The van der Waals surface area contributed by atoms with Crippen molar-refractivity contribution in [3.05, 3.63) is 17.0 Å². The first kappa shape index (κ1) is 7.57. The summed E-state index contributed by atoms with van der Waals surface area (Å²) >= 11 is 1.61. The maximum absolute atomic E-state index is 5.27. The third-order valence-electron chi connectivity index (χ3n) is 1.07. The van der Waals surface area contributed by atoms with Crippen LogP contribution in [0.1, 0.15) is 5.56 Å². The Hall–Kier alpha value is -0.540. The van der Waals surface area contributed by atoms with Crippen LogP contribution in [-0.4, -0.2) is 13.2 Å². The molecule has 0 spiro atoms. The van der Waals surface area contributed by atoms with Crippen LogP contribution in [0, 0.1) is 6.92 Å². The molecule has 0 bridgehead atoms. The molecule has 0 aliphatic heterocycles. The summed E-state index contributed by atoms with van der Waals surface area (Å²) in [4.78, 5) is 0. The Morgan fingerprint density at radius 2 is 2.50 bits per heavy atom. The van der Waals surface area contributed by atoms with Gasteiger partial charge in [-0.25, -0.2) is 0 Å². The summed E-state index contributed by atoms with van der Waals surface area (Å²) in [6.45, 7) is 3.24. The monoisotopic (exact) mass is 157 g/mol. The van der Waals surface area contributed by atoms with Crippen LogP contribution in [0.4, 0.5) is 0 Å². The average Bonchev–Trinajstić information content (AvgIpc) is 2.31. The molecule has 0 aliphatic carbocycles. The van der Waals surface area contributed by atoms with Crippen LogP contribution in [-0.2, 0) is 0 Å². The molecule has 0 saturated carbocycles. The SMILES string of the molecule is Cc1csc(OCCN)c1. The van der Waals surface area contributed by atoms with E-state index in [4.69, 9.17) is 10.5 Å². The van der Waals surface area contributed by atoms with Gasteiger partial charge in [0.15, 0.2) is 5.06 Å². The van der Waals surface area contributed by atoms with Gasteiger partial charge in [-0.2, -0.15) is 0 Å². The molecule has 0 aromatic carbocycles. The maximum Gasteiger partial charge on any atom is 0.174 e. The molecule has 2 nitrogen and oxygen atoms in total. The van der Waals surface area contributed by atoms with Gasteiger partial charge in [0, 0.05) is 6.54 Å². The Morgan fingerprint density at radius 3 is 3.00 bits per heavy atom. The van der Waals surface area contributed by atoms with E-state index in [0.717, 1.165) is 5.06 Å². The summed E-state index contributed by atoms with van der Waals surface area (Å²) < 4.78 is 5.27. The van der Waals surface area contributed by atoms with Crippen LogP contribution in [0.15, 0.2) is 11.4 Å².